The third kappa shape index (κ3) is 4.43. The lowest BCUT2D eigenvalue weighted by Crippen LogP contribution is -2.31. The third-order valence-corrected chi connectivity index (χ3v) is 3.72. The van der Waals surface area contributed by atoms with Crippen LogP contribution in [0.5, 0.6) is 0 Å². The van der Waals surface area contributed by atoms with Crippen LogP contribution in [0.1, 0.15) is 30.7 Å². The van der Waals surface area contributed by atoms with E-state index in [0.29, 0.717) is 11.6 Å². The molecule has 0 unspecified atom stereocenters. The van der Waals surface area contributed by atoms with E-state index >= 15 is 0 Å². The van der Waals surface area contributed by atoms with Crippen molar-refractivity contribution in [1.29, 1.82) is 0 Å². The number of hydrogen-bond donors (Lipinski definition) is 1. The molecule has 0 amide bonds. The summed E-state index contributed by atoms with van der Waals surface area (Å²) in [6.07, 6.45) is 4.72. The van der Waals surface area contributed by atoms with Crippen molar-refractivity contribution in [3.63, 3.8) is 0 Å². The van der Waals surface area contributed by atoms with Crippen molar-refractivity contribution in [3.05, 3.63) is 17.5 Å². The summed E-state index contributed by atoms with van der Waals surface area (Å²) < 4.78 is 24.7. The van der Waals surface area contributed by atoms with Crippen LogP contribution < -0.4 is 9.62 Å². The molecule has 0 bridgehead atoms. The molecule has 1 aliphatic rings. The summed E-state index contributed by atoms with van der Waals surface area (Å²) in [4.78, 5) is 11.1. The Morgan fingerprint density at radius 1 is 1.26 bits per heavy atom. The Bertz CT molecular complexity index is 539. The predicted octanol–water partition coefficient (Wildman–Crippen LogP) is 0.825. The molecule has 1 N–H and O–H groups in total. The van der Waals surface area contributed by atoms with Crippen molar-refractivity contribution in [2.75, 3.05) is 24.2 Å². The molecule has 0 saturated carbocycles. The summed E-state index contributed by atoms with van der Waals surface area (Å²) in [5, 5.41) is 0. The second kappa shape index (κ2) is 5.83. The van der Waals surface area contributed by atoms with Crippen molar-refractivity contribution >= 4 is 16.0 Å². The molecule has 1 fully saturated rings. The van der Waals surface area contributed by atoms with Gasteiger partial charge < -0.3 is 4.90 Å². The van der Waals surface area contributed by atoms with Crippen LogP contribution in [0, 0.1) is 6.92 Å². The number of nitrogens with one attached hydrogen (secondary N) is 1. The Morgan fingerprint density at radius 2 is 1.95 bits per heavy atom. The molecule has 2 rings (SSSR count). The molecule has 2 heterocycles. The first-order valence-corrected chi connectivity index (χ1v) is 8.37. The maximum Gasteiger partial charge on any atom is 0.225 e. The Hall–Kier alpha value is -1.21. The van der Waals surface area contributed by atoms with Crippen LogP contribution in [0.4, 0.5) is 5.95 Å². The number of anilines is 1. The molecule has 0 atom stereocenters. The first kappa shape index (κ1) is 14.2. The zero-order valence-corrected chi connectivity index (χ0v) is 12.2. The van der Waals surface area contributed by atoms with Crippen molar-refractivity contribution in [2.45, 2.75) is 32.7 Å². The molecule has 1 aromatic rings. The molecular formula is C12H20N4O2S. The van der Waals surface area contributed by atoms with Crippen LogP contribution in [0.2, 0.25) is 0 Å². The molecule has 106 valence electrons. The summed E-state index contributed by atoms with van der Waals surface area (Å²) in [5.74, 6) is 0.713. The number of aromatic nitrogens is 2. The van der Waals surface area contributed by atoms with Gasteiger partial charge in [-0.1, -0.05) is 0 Å². The quantitative estimate of drug-likeness (QED) is 0.886. The maximum atomic E-state index is 11.1. The monoisotopic (exact) mass is 284 g/mol. The smallest absolute Gasteiger partial charge is 0.225 e. The van der Waals surface area contributed by atoms with E-state index in [1.165, 1.54) is 6.42 Å². The number of sulfonamides is 1. The Labute approximate surface area is 114 Å². The highest BCUT2D eigenvalue weighted by Crippen LogP contribution is 2.16. The van der Waals surface area contributed by atoms with Crippen molar-refractivity contribution in [1.82, 2.24) is 14.7 Å². The lowest BCUT2D eigenvalue weighted by molar-refractivity contribution is 0.565. The topological polar surface area (TPSA) is 75.2 Å². The van der Waals surface area contributed by atoms with Gasteiger partial charge in [0.15, 0.2) is 0 Å². The van der Waals surface area contributed by atoms with Crippen LogP contribution in [-0.2, 0) is 16.6 Å². The highest BCUT2D eigenvalue weighted by Gasteiger charge is 2.14. The van der Waals surface area contributed by atoms with Gasteiger partial charge in [0.1, 0.15) is 0 Å². The summed E-state index contributed by atoms with van der Waals surface area (Å²) in [5.41, 5.74) is 1.57. The molecule has 7 heteroatoms. The van der Waals surface area contributed by atoms with E-state index in [4.69, 9.17) is 0 Å². The maximum absolute atomic E-state index is 11.1. The van der Waals surface area contributed by atoms with Crippen molar-refractivity contribution < 1.29 is 8.42 Å². The predicted molar refractivity (Wildman–Crippen MR) is 74.5 cm³/mol. The molecule has 19 heavy (non-hydrogen) atoms. The van der Waals surface area contributed by atoms with Crippen LogP contribution in [0.15, 0.2) is 6.07 Å². The largest absolute Gasteiger partial charge is 0.341 e. The van der Waals surface area contributed by atoms with E-state index < -0.39 is 10.0 Å². The fraction of sp³-hybridized carbons (Fsp3) is 0.667. The fourth-order valence-electron chi connectivity index (χ4n) is 2.15. The van der Waals surface area contributed by atoms with E-state index in [2.05, 4.69) is 19.6 Å². The molecule has 1 aliphatic heterocycles. The lowest BCUT2D eigenvalue weighted by atomic mass is 10.1. The summed E-state index contributed by atoms with van der Waals surface area (Å²) in [7, 11) is -3.20. The number of piperidine rings is 1. The van der Waals surface area contributed by atoms with E-state index in [9.17, 15) is 8.42 Å². The van der Waals surface area contributed by atoms with Crippen LogP contribution >= 0.6 is 0 Å². The molecule has 1 saturated heterocycles. The zero-order valence-electron chi connectivity index (χ0n) is 11.4. The van der Waals surface area contributed by atoms with Crippen molar-refractivity contribution in [3.8, 4) is 0 Å². The second-order valence-corrected chi connectivity index (χ2v) is 6.77. The van der Waals surface area contributed by atoms with Gasteiger partial charge in [-0.3, -0.25) is 0 Å². The van der Waals surface area contributed by atoms with E-state index in [-0.39, 0.29) is 6.54 Å². The minimum absolute atomic E-state index is 0.211. The van der Waals surface area contributed by atoms with Crippen molar-refractivity contribution in [2.24, 2.45) is 0 Å². The average molecular weight is 284 g/mol. The Kier molecular flexibility index (Phi) is 4.36. The van der Waals surface area contributed by atoms with Gasteiger partial charge in [-0.2, -0.15) is 0 Å². The molecule has 0 aromatic carbocycles. The first-order valence-electron chi connectivity index (χ1n) is 6.48. The SMILES string of the molecule is Cc1cc(CNS(C)(=O)=O)nc(N2CCCCC2)n1. The van der Waals surface area contributed by atoms with Gasteiger partial charge in [-0.15, -0.1) is 0 Å². The van der Waals surface area contributed by atoms with Gasteiger partial charge >= 0.3 is 0 Å². The molecule has 0 aliphatic carbocycles. The Morgan fingerprint density at radius 3 is 2.58 bits per heavy atom. The summed E-state index contributed by atoms with van der Waals surface area (Å²) in [6, 6.07) is 1.81. The van der Waals surface area contributed by atoms with E-state index in [1.54, 1.807) is 0 Å². The zero-order chi connectivity index (χ0) is 13.9. The molecule has 0 radical (unpaired) electrons. The first-order chi connectivity index (χ1) is 8.94. The van der Waals surface area contributed by atoms with Gasteiger partial charge in [0.25, 0.3) is 0 Å². The Balaban J connectivity index is 2.14. The number of nitrogens with zero attached hydrogens (tertiary/aromatic N) is 3. The minimum Gasteiger partial charge on any atom is -0.341 e. The minimum atomic E-state index is -3.20. The summed E-state index contributed by atoms with van der Waals surface area (Å²) >= 11 is 0. The van der Waals surface area contributed by atoms with Gasteiger partial charge in [0.05, 0.1) is 18.5 Å². The van der Waals surface area contributed by atoms with Gasteiger partial charge in [0, 0.05) is 18.8 Å². The number of aryl methyl sites for hydroxylation is 1. The van der Waals surface area contributed by atoms with Gasteiger partial charge in [0.2, 0.25) is 16.0 Å². The number of rotatable bonds is 4. The van der Waals surface area contributed by atoms with Gasteiger partial charge in [-0.25, -0.2) is 23.1 Å². The average Bonchev–Trinajstić information content (AvgIpc) is 2.36. The van der Waals surface area contributed by atoms with Crippen LogP contribution in [0.25, 0.3) is 0 Å². The normalized spacial score (nSPS) is 16.6. The van der Waals surface area contributed by atoms with Gasteiger partial charge in [-0.05, 0) is 32.3 Å². The van der Waals surface area contributed by atoms with Crippen LogP contribution in [0.3, 0.4) is 0 Å². The summed E-state index contributed by atoms with van der Waals surface area (Å²) in [6.45, 7) is 4.06. The standard InChI is InChI=1S/C12H20N4O2S/c1-10-8-11(9-13-19(2,17)18)15-12(14-10)16-6-4-3-5-7-16/h8,13H,3-7,9H2,1-2H3. The molecule has 6 nitrogen and oxygen atoms in total. The number of hydrogen-bond acceptors (Lipinski definition) is 5. The highest BCUT2D eigenvalue weighted by atomic mass is 32.2. The molecule has 1 aromatic heterocycles. The molecular weight excluding hydrogens is 264 g/mol. The second-order valence-electron chi connectivity index (χ2n) is 4.94. The third-order valence-electron chi connectivity index (χ3n) is 3.05. The molecule has 0 spiro atoms. The van der Waals surface area contributed by atoms with Crippen LogP contribution in [-0.4, -0.2) is 37.7 Å². The fourth-order valence-corrected chi connectivity index (χ4v) is 2.56. The highest BCUT2D eigenvalue weighted by molar-refractivity contribution is 7.88. The van der Waals surface area contributed by atoms with E-state index in [0.717, 1.165) is 37.9 Å². The lowest BCUT2D eigenvalue weighted by Gasteiger charge is -2.27. The van der Waals surface area contributed by atoms with E-state index in [1.807, 2.05) is 13.0 Å².